The third kappa shape index (κ3) is 3.62. The fourth-order valence-electron chi connectivity index (χ4n) is 2.89. The highest BCUT2D eigenvalue weighted by molar-refractivity contribution is 7.92. The van der Waals surface area contributed by atoms with Crippen LogP contribution in [0.25, 0.3) is 0 Å². The van der Waals surface area contributed by atoms with Crippen LogP contribution in [0.5, 0.6) is 0 Å². The van der Waals surface area contributed by atoms with E-state index in [0.717, 1.165) is 12.8 Å². The van der Waals surface area contributed by atoms with Crippen LogP contribution >= 0.6 is 0 Å². The molecule has 1 saturated carbocycles. The maximum atomic E-state index is 12.5. The Hall–Kier alpha value is -2.68. The molecule has 1 aliphatic carbocycles. The summed E-state index contributed by atoms with van der Waals surface area (Å²) >= 11 is 0. The van der Waals surface area contributed by atoms with Crippen molar-refractivity contribution in [3.8, 4) is 0 Å². The van der Waals surface area contributed by atoms with Crippen molar-refractivity contribution >= 4 is 27.4 Å². The largest absolute Gasteiger partial charge is 0.463 e. The number of carbonyl (C=O) groups is 2. The first kappa shape index (κ1) is 18.1. The first-order valence-corrected chi connectivity index (χ1v) is 9.67. The standard InChI is InChI=1S/C17H18N2O6S/c1-24-17(21)15-10-14(19-25-15)16(20)18-11-6-8-13(9-7-11)26(22,23)12-4-2-3-5-12/h6-10,12H,2-5H2,1H3,(H,18,20). The molecule has 1 aromatic heterocycles. The van der Waals surface area contributed by atoms with Crippen molar-refractivity contribution in [2.24, 2.45) is 0 Å². The minimum atomic E-state index is -3.34. The summed E-state index contributed by atoms with van der Waals surface area (Å²) in [5.74, 6) is -1.51. The normalized spacial score (nSPS) is 15.0. The molecular formula is C17H18N2O6S. The smallest absolute Gasteiger partial charge is 0.376 e. The second-order valence-corrected chi connectivity index (χ2v) is 8.23. The molecule has 1 N–H and O–H groups in total. The topological polar surface area (TPSA) is 116 Å². The van der Waals surface area contributed by atoms with Crippen LogP contribution in [0.4, 0.5) is 5.69 Å². The Morgan fingerprint density at radius 3 is 2.46 bits per heavy atom. The van der Waals surface area contributed by atoms with Crippen molar-refractivity contribution in [1.82, 2.24) is 5.16 Å². The molecule has 0 saturated heterocycles. The molecular weight excluding hydrogens is 360 g/mol. The van der Waals surface area contributed by atoms with Gasteiger partial charge >= 0.3 is 5.97 Å². The molecule has 0 aliphatic heterocycles. The van der Waals surface area contributed by atoms with E-state index >= 15 is 0 Å². The first-order chi connectivity index (χ1) is 12.4. The van der Waals surface area contributed by atoms with Crippen LogP contribution in [-0.2, 0) is 14.6 Å². The molecule has 1 amide bonds. The van der Waals surface area contributed by atoms with E-state index in [9.17, 15) is 18.0 Å². The molecule has 26 heavy (non-hydrogen) atoms. The highest BCUT2D eigenvalue weighted by Crippen LogP contribution is 2.30. The summed E-state index contributed by atoms with van der Waals surface area (Å²) in [6.07, 6.45) is 3.25. The van der Waals surface area contributed by atoms with E-state index in [1.165, 1.54) is 37.4 Å². The molecule has 0 spiro atoms. The summed E-state index contributed by atoms with van der Waals surface area (Å²) in [6, 6.07) is 7.15. The van der Waals surface area contributed by atoms with Gasteiger partial charge in [-0.15, -0.1) is 0 Å². The molecule has 9 heteroatoms. The Labute approximate surface area is 150 Å². The summed E-state index contributed by atoms with van der Waals surface area (Å²) in [5.41, 5.74) is 0.316. The van der Waals surface area contributed by atoms with E-state index in [-0.39, 0.29) is 21.6 Å². The lowest BCUT2D eigenvalue weighted by Crippen LogP contribution is -2.18. The number of carbonyl (C=O) groups excluding carboxylic acids is 2. The van der Waals surface area contributed by atoms with Gasteiger partial charge in [0, 0.05) is 11.8 Å². The van der Waals surface area contributed by atoms with Gasteiger partial charge in [-0.2, -0.15) is 0 Å². The Balaban J connectivity index is 1.70. The van der Waals surface area contributed by atoms with Crippen molar-refractivity contribution in [2.45, 2.75) is 35.8 Å². The summed E-state index contributed by atoms with van der Waals surface area (Å²) in [7, 11) is -2.15. The van der Waals surface area contributed by atoms with Crippen molar-refractivity contribution in [2.75, 3.05) is 12.4 Å². The average molecular weight is 378 g/mol. The zero-order valence-corrected chi connectivity index (χ0v) is 14.9. The molecule has 0 atom stereocenters. The molecule has 1 aliphatic rings. The molecule has 3 rings (SSSR count). The first-order valence-electron chi connectivity index (χ1n) is 8.12. The highest BCUT2D eigenvalue weighted by atomic mass is 32.2. The maximum Gasteiger partial charge on any atom is 0.376 e. The SMILES string of the molecule is COC(=O)c1cc(C(=O)Nc2ccc(S(=O)(=O)C3CCCC3)cc2)no1. The van der Waals surface area contributed by atoms with Gasteiger partial charge in [-0.05, 0) is 37.1 Å². The van der Waals surface area contributed by atoms with Crippen LogP contribution in [0.3, 0.4) is 0 Å². The van der Waals surface area contributed by atoms with E-state index in [0.29, 0.717) is 18.5 Å². The van der Waals surface area contributed by atoms with Crippen LogP contribution in [0.1, 0.15) is 46.7 Å². The van der Waals surface area contributed by atoms with E-state index in [2.05, 4.69) is 15.2 Å². The van der Waals surface area contributed by atoms with Crippen molar-refractivity contribution in [3.63, 3.8) is 0 Å². The molecule has 8 nitrogen and oxygen atoms in total. The number of methoxy groups -OCH3 is 1. The predicted molar refractivity (Wildman–Crippen MR) is 91.7 cm³/mol. The van der Waals surface area contributed by atoms with Crippen LogP contribution in [0.15, 0.2) is 39.8 Å². The Kier molecular flexibility index (Phi) is 5.08. The Bertz CT molecular complexity index is 911. The van der Waals surface area contributed by atoms with Crippen LogP contribution < -0.4 is 5.32 Å². The third-order valence-corrected chi connectivity index (χ3v) is 6.59. The number of hydrogen-bond donors (Lipinski definition) is 1. The van der Waals surface area contributed by atoms with Gasteiger partial charge in [-0.1, -0.05) is 18.0 Å². The van der Waals surface area contributed by atoms with Crippen LogP contribution in [-0.4, -0.2) is 37.8 Å². The van der Waals surface area contributed by atoms with Gasteiger partial charge in [0.25, 0.3) is 5.91 Å². The van der Waals surface area contributed by atoms with Gasteiger partial charge in [0.15, 0.2) is 15.5 Å². The number of aromatic nitrogens is 1. The monoisotopic (exact) mass is 378 g/mol. The van der Waals surface area contributed by atoms with Gasteiger partial charge in [0.1, 0.15) is 0 Å². The Morgan fingerprint density at radius 2 is 1.85 bits per heavy atom. The molecule has 0 radical (unpaired) electrons. The quantitative estimate of drug-likeness (QED) is 0.794. The van der Waals surface area contributed by atoms with Gasteiger partial charge < -0.3 is 14.6 Å². The number of nitrogens with zero attached hydrogens (tertiary/aromatic N) is 1. The highest BCUT2D eigenvalue weighted by Gasteiger charge is 2.30. The third-order valence-electron chi connectivity index (χ3n) is 4.31. The van der Waals surface area contributed by atoms with Gasteiger partial charge in [0.2, 0.25) is 5.76 Å². The van der Waals surface area contributed by atoms with Crippen LogP contribution in [0.2, 0.25) is 0 Å². The number of esters is 1. The molecule has 2 aromatic rings. The summed E-state index contributed by atoms with van der Waals surface area (Å²) in [5, 5.41) is 5.75. The minimum absolute atomic E-state index is 0.0898. The number of nitrogens with one attached hydrogen (secondary N) is 1. The summed E-state index contributed by atoms with van der Waals surface area (Å²) < 4.78 is 34.3. The predicted octanol–water partition coefficient (Wildman–Crippen LogP) is 2.43. The van der Waals surface area contributed by atoms with Gasteiger partial charge in [-0.25, -0.2) is 13.2 Å². The zero-order chi connectivity index (χ0) is 18.7. The fourth-order valence-corrected chi connectivity index (χ4v) is 4.75. The minimum Gasteiger partial charge on any atom is -0.463 e. The molecule has 0 bridgehead atoms. The van der Waals surface area contributed by atoms with Gasteiger partial charge in [0.05, 0.1) is 17.3 Å². The number of sulfone groups is 1. The van der Waals surface area contributed by atoms with Crippen LogP contribution in [0, 0.1) is 0 Å². The number of ether oxygens (including phenoxy) is 1. The second-order valence-electron chi connectivity index (χ2n) is 6.00. The maximum absolute atomic E-state index is 12.5. The van der Waals surface area contributed by atoms with E-state index < -0.39 is 21.7 Å². The van der Waals surface area contributed by atoms with Crippen molar-refractivity contribution in [3.05, 3.63) is 41.8 Å². The number of hydrogen-bond acceptors (Lipinski definition) is 7. The second kappa shape index (κ2) is 7.28. The number of rotatable bonds is 5. The number of amides is 1. The van der Waals surface area contributed by atoms with E-state index in [1.807, 2.05) is 0 Å². The lowest BCUT2D eigenvalue weighted by molar-refractivity contribution is 0.0554. The Morgan fingerprint density at radius 1 is 1.19 bits per heavy atom. The lowest BCUT2D eigenvalue weighted by Gasteiger charge is -2.11. The van der Waals surface area contributed by atoms with Crippen molar-refractivity contribution in [1.29, 1.82) is 0 Å². The molecule has 0 unspecified atom stereocenters. The lowest BCUT2D eigenvalue weighted by atomic mass is 10.3. The summed E-state index contributed by atoms with van der Waals surface area (Å²) in [6.45, 7) is 0. The number of benzene rings is 1. The molecule has 138 valence electrons. The van der Waals surface area contributed by atoms with E-state index in [1.54, 1.807) is 0 Å². The fraction of sp³-hybridized carbons (Fsp3) is 0.353. The zero-order valence-electron chi connectivity index (χ0n) is 14.1. The number of anilines is 1. The molecule has 1 heterocycles. The van der Waals surface area contributed by atoms with Crippen molar-refractivity contribution < 1.29 is 27.3 Å². The van der Waals surface area contributed by atoms with E-state index in [4.69, 9.17) is 4.52 Å². The van der Waals surface area contributed by atoms with Gasteiger partial charge in [-0.3, -0.25) is 4.79 Å². The average Bonchev–Trinajstić information content (AvgIpc) is 3.33. The molecule has 1 fully saturated rings. The molecule has 1 aromatic carbocycles. The summed E-state index contributed by atoms with van der Waals surface area (Å²) in [4.78, 5) is 23.7.